The molecule has 8 heteroatoms. The number of benzene rings is 2. The van der Waals surface area contributed by atoms with Gasteiger partial charge in [-0.25, -0.2) is 4.98 Å². The fraction of sp³-hybridized carbons (Fsp3) is 0.269. The highest BCUT2D eigenvalue weighted by molar-refractivity contribution is 7.14. The van der Waals surface area contributed by atoms with E-state index in [1.54, 1.807) is 11.8 Å². The number of aromatic nitrogens is 3. The van der Waals surface area contributed by atoms with E-state index in [4.69, 9.17) is 15.6 Å². The highest BCUT2D eigenvalue weighted by atomic mass is 32.1. The minimum Gasteiger partial charge on any atom is -0.497 e. The first-order valence-electron chi connectivity index (χ1n) is 11.0. The molecule has 3 N–H and O–H groups in total. The van der Waals surface area contributed by atoms with Gasteiger partial charge in [0.05, 0.1) is 31.1 Å². The predicted molar refractivity (Wildman–Crippen MR) is 136 cm³/mol. The van der Waals surface area contributed by atoms with Crippen LogP contribution in [0.15, 0.2) is 66.0 Å². The number of methoxy groups -OCH3 is 1. The summed E-state index contributed by atoms with van der Waals surface area (Å²) in [5.41, 5.74) is 10.2. The van der Waals surface area contributed by atoms with Gasteiger partial charge in [-0.05, 0) is 29.3 Å². The molecule has 0 spiro atoms. The van der Waals surface area contributed by atoms with Crippen molar-refractivity contribution in [3.63, 3.8) is 0 Å². The molecule has 2 aromatic heterocycles. The van der Waals surface area contributed by atoms with Gasteiger partial charge in [-0.3, -0.25) is 14.8 Å². The topological polar surface area (TPSA) is 95.1 Å². The number of carbonyl (C=O) groups is 1. The van der Waals surface area contributed by atoms with Crippen LogP contribution in [-0.2, 0) is 12.0 Å². The zero-order valence-corrected chi connectivity index (χ0v) is 20.6. The zero-order valence-electron chi connectivity index (χ0n) is 19.8. The highest BCUT2D eigenvalue weighted by Crippen LogP contribution is 2.27. The minimum absolute atomic E-state index is 0.184. The summed E-state index contributed by atoms with van der Waals surface area (Å²) in [7, 11) is 1.63. The summed E-state index contributed by atoms with van der Waals surface area (Å²) in [6.07, 6.45) is 0. The van der Waals surface area contributed by atoms with E-state index in [0.717, 1.165) is 22.6 Å². The maximum absolute atomic E-state index is 13.2. The van der Waals surface area contributed by atoms with Gasteiger partial charge in [0, 0.05) is 10.8 Å². The number of rotatable bonds is 7. The molecule has 2 heterocycles. The average Bonchev–Trinajstić information content (AvgIpc) is 3.47. The van der Waals surface area contributed by atoms with Crippen molar-refractivity contribution in [2.75, 3.05) is 12.4 Å². The molecular weight excluding hydrogens is 446 g/mol. The van der Waals surface area contributed by atoms with Crippen LogP contribution in [0, 0.1) is 0 Å². The Balaban J connectivity index is 1.54. The molecule has 1 unspecified atom stereocenters. The number of nitrogens with two attached hydrogens (primary N) is 1. The van der Waals surface area contributed by atoms with E-state index in [1.165, 1.54) is 11.3 Å². The van der Waals surface area contributed by atoms with Gasteiger partial charge in [-0.1, -0.05) is 63.2 Å². The second-order valence-corrected chi connectivity index (χ2v) is 9.95. The number of thiazole rings is 1. The standard InChI is InChI=1S/C26H29N5O2S/c1-26(2,3)22-14-21(31(30-22)15-17-8-6-5-7-9-17)24(32)29-25-28-20(16-34-25)23(27)18-10-12-19(33-4)13-11-18/h5-14,16,23H,15,27H2,1-4H3,(H,28,29,32). The van der Waals surface area contributed by atoms with Crippen LogP contribution in [0.3, 0.4) is 0 Å². The Kier molecular flexibility index (Phi) is 6.81. The number of nitrogens with zero attached hydrogens (tertiary/aromatic N) is 3. The molecule has 4 rings (SSSR count). The molecular formula is C26H29N5O2S. The molecule has 34 heavy (non-hydrogen) atoms. The van der Waals surface area contributed by atoms with Crippen molar-refractivity contribution in [2.45, 2.75) is 38.8 Å². The molecule has 0 aliphatic rings. The summed E-state index contributed by atoms with van der Waals surface area (Å²) in [6.45, 7) is 6.75. The normalized spacial score (nSPS) is 12.4. The first-order valence-corrected chi connectivity index (χ1v) is 11.9. The Morgan fingerprint density at radius 3 is 2.50 bits per heavy atom. The Morgan fingerprint density at radius 2 is 1.85 bits per heavy atom. The van der Waals surface area contributed by atoms with E-state index in [2.05, 4.69) is 31.1 Å². The van der Waals surface area contributed by atoms with Gasteiger partial charge in [0.15, 0.2) is 5.13 Å². The fourth-order valence-electron chi connectivity index (χ4n) is 3.47. The van der Waals surface area contributed by atoms with Gasteiger partial charge in [-0.2, -0.15) is 5.10 Å². The number of nitrogens with one attached hydrogen (secondary N) is 1. The molecule has 176 valence electrons. The lowest BCUT2D eigenvalue weighted by atomic mass is 9.92. The molecule has 0 saturated heterocycles. The van der Waals surface area contributed by atoms with Crippen molar-refractivity contribution < 1.29 is 9.53 Å². The van der Waals surface area contributed by atoms with Crippen LogP contribution in [0.2, 0.25) is 0 Å². The van der Waals surface area contributed by atoms with Gasteiger partial charge in [0.2, 0.25) is 0 Å². The van der Waals surface area contributed by atoms with Crippen molar-refractivity contribution in [1.82, 2.24) is 14.8 Å². The van der Waals surface area contributed by atoms with Crippen molar-refractivity contribution in [3.8, 4) is 5.75 Å². The van der Waals surface area contributed by atoms with E-state index < -0.39 is 6.04 Å². The van der Waals surface area contributed by atoms with E-state index in [1.807, 2.05) is 66.0 Å². The second kappa shape index (κ2) is 9.79. The summed E-state index contributed by atoms with van der Waals surface area (Å²) in [5, 5.41) is 10.0. The average molecular weight is 476 g/mol. The molecule has 0 aliphatic heterocycles. The first kappa shape index (κ1) is 23.7. The SMILES string of the molecule is COc1ccc(C(N)c2csc(NC(=O)c3cc(C(C)(C)C)nn3Cc3ccccc3)n2)cc1. The number of hydrogen-bond donors (Lipinski definition) is 2. The smallest absolute Gasteiger partial charge is 0.275 e. The van der Waals surface area contributed by atoms with Crippen molar-refractivity contribution >= 4 is 22.4 Å². The maximum Gasteiger partial charge on any atom is 0.275 e. The van der Waals surface area contributed by atoms with E-state index >= 15 is 0 Å². The van der Waals surface area contributed by atoms with Crippen LogP contribution >= 0.6 is 11.3 Å². The van der Waals surface area contributed by atoms with Crippen LogP contribution in [0.5, 0.6) is 5.75 Å². The summed E-state index contributed by atoms with van der Waals surface area (Å²) >= 11 is 1.35. The van der Waals surface area contributed by atoms with E-state index in [9.17, 15) is 4.79 Å². The predicted octanol–water partition coefficient (Wildman–Crippen LogP) is 4.99. The first-order chi connectivity index (χ1) is 16.2. The number of ether oxygens (including phenoxy) is 1. The molecule has 4 aromatic rings. The molecule has 1 atom stereocenters. The number of amides is 1. The molecule has 7 nitrogen and oxygen atoms in total. The highest BCUT2D eigenvalue weighted by Gasteiger charge is 2.24. The Hall–Kier alpha value is -3.49. The van der Waals surface area contributed by atoms with Crippen molar-refractivity contribution in [1.29, 1.82) is 0 Å². The van der Waals surface area contributed by atoms with Crippen LogP contribution in [0.1, 0.15) is 59.8 Å². The fourth-order valence-corrected chi connectivity index (χ4v) is 4.21. The van der Waals surface area contributed by atoms with Crippen LogP contribution in [0.25, 0.3) is 0 Å². The minimum atomic E-state index is -0.399. The third-order valence-electron chi connectivity index (χ3n) is 5.49. The van der Waals surface area contributed by atoms with E-state index in [0.29, 0.717) is 23.1 Å². The maximum atomic E-state index is 13.2. The lowest BCUT2D eigenvalue weighted by Gasteiger charge is -2.14. The molecule has 2 aromatic carbocycles. The van der Waals surface area contributed by atoms with Gasteiger partial charge in [0.25, 0.3) is 5.91 Å². The zero-order chi connectivity index (χ0) is 24.3. The van der Waals surface area contributed by atoms with Gasteiger partial charge in [0.1, 0.15) is 11.4 Å². The van der Waals surface area contributed by atoms with Crippen molar-refractivity contribution in [2.24, 2.45) is 5.73 Å². The second-order valence-electron chi connectivity index (χ2n) is 9.09. The number of hydrogen-bond acceptors (Lipinski definition) is 6. The van der Waals surface area contributed by atoms with Crippen molar-refractivity contribution in [3.05, 3.63) is 94.3 Å². The largest absolute Gasteiger partial charge is 0.497 e. The molecule has 0 fully saturated rings. The molecule has 0 aliphatic carbocycles. The monoisotopic (exact) mass is 475 g/mol. The third kappa shape index (κ3) is 5.35. The van der Waals surface area contributed by atoms with Gasteiger partial charge < -0.3 is 10.5 Å². The molecule has 0 radical (unpaired) electrons. The van der Waals surface area contributed by atoms with Gasteiger partial charge in [-0.15, -0.1) is 11.3 Å². The summed E-state index contributed by atoms with van der Waals surface area (Å²) in [4.78, 5) is 17.8. The van der Waals surface area contributed by atoms with Crippen LogP contribution in [-0.4, -0.2) is 27.8 Å². The third-order valence-corrected chi connectivity index (χ3v) is 6.27. The Labute approximate surface area is 203 Å². The van der Waals surface area contributed by atoms with Gasteiger partial charge >= 0.3 is 0 Å². The summed E-state index contributed by atoms with van der Waals surface area (Å²) < 4.78 is 6.96. The quantitative estimate of drug-likeness (QED) is 0.392. The lowest BCUT2D eigenvalue weighted by Crippen LogP contribution is -2.18. The Bertz CT molecular complexity index is 1260. The Morgan fingerprint density at radius 1 is 1.15 bits per heavy atom. The molecule has 0 bridgehead atoms. The molecule has 1 amide bonds. The number of carbonyl (C=O) groups excluding carboxylic acids is 1. The summed E-state index contributed by atoms with van der Waals surface area (Å²) in [5.74, 6) is 0.516. The van der Waals surface area contributed by atoms with E-state index in [-0.39, 0.29) is 11.3 Å². The molecule has 0 saturated carbocycles. The summed E-state index contributed by atoms with van der Waals surface area (Å²) in [6, 6.07) is 19.0. The lowest BCUT2D eigenvalue weighted by molar-refractivity contribution is 0.101. The van der Waals surface area contributed by atoms with Crippen LogP contribution in [0.4, 0.5) is 5.13 Å². The van der Waals surface area contributed by atoms with Crippen LogP contribution < -0.4 is 15.8 Å². The number of anilines is 1.